The Labute approximate surface area is 116 Å². The Bertz CT molecular complexity index is 329. The topological polar surface area (TPSA) is 23.8 Å². The summed E-state index contributed by atoms with van der Waals surface area (Å²) in [6.45, 7) is 0. The Morgan fingerprint density at radius 1 is 0.833 bits per heavy atom. The van der Waals surface area contributed by atoms with E-state index in [1.807, 2.05) is 0 Å². The Morgan fingerprint density at radius 2 is 1.44 bits per heavy atom. The van der Waals surface area contributed by atoms with Gasteiger partial charge in [0.1, 0.15) is 5.40 Å². The van der Waals surface area contributed by atoms with Crippen LogP contribution in [0.2, 0.25) is 0 Å². The molecule has 1 rings (SSSR count). The van der Waals surface area contributed by atoms with Crippen LogP contribution in [0, 0.1) is 10.7 Å². The zero-order valence-electron chi connectivity index (χ0n) is 11.1. The minimum atomic E-state index is 1.00. The fourth-order valence-corrected chi connectivity index (χ4v) is 2.52. The third kappa shape index (κ3) is 8.20. The normalized spacial score (nSPS) is 10.2. The molecule has 0 aromatic heterocycles. The van der Waals surface area contributed by atoms with Crippen LogP contribution in [0.15, 0.2) is 30.3 Å². The SMILES string of the molecule is N#CSCCCCCCCCCc1ccccc1. The third-order valence-electron chi connectivity index (χ3n) is 3.12. The fourth-order valence-electron chi connectivity index (χ4n) is 2.08. The first kappa shape index (κ1) is 15.1. The van der Waals surface area contributed by atoms with Gasteiger partial charge in [-0.3, -0.25) is 0 Å². The Hall–Kier alpha value is -0.940. The average molecular weight is 261 g/mol. The predicted octanol–water partition coefficient (Wildman–Crippen LogP) is 5.17. The van der Waals surface area contributed by atoms with Gasteiger partial charge in [0.05, 0.1) is 0 Å². The monoisotopic (exact) mass is 261 g/mol. The van der Waals surface area contributed by atoms with E-state index in [9.17, 15) is 0 Å². The number of thiocyanates is 1. The van der Waals surface area contributed by atoms with E-state index in [1.54, 1.807) is 0 Å². The molecule has 18 heavy (non-hydrogen) atoms. The molecule has 0 amide bonds. The number of hydrogen-bond donors (Lipinski definition) is 0. The summed E-state index contributed by atoms with van der Waals surface area (Å²) in [6, 6.07) is 10.7. The molecule has 0 saturated carbocycles. The molecular weight excluding hydrogens is 238 g/mol. The van der Waals surface area contributed by atoms with Gasteiger partial charge in [0.15, 0.2) is 0 Å². The van der Waals surface area contributed by atoms with Crippen molar-refractivity contribution in [1.29, 1.82) is 5.26 Å². The van der Waals surface area contributed by atoms with Gasteiger partial charge in [-0.2, -0.15) is 5.26 Å². The molecule has 0 heterocycles. The molecule has 1 nitrogen and oxygen atoms in total. The molecular formula is C16H23NS. The van der Waals surface area contributed by atoms with E-state index in [2.05, 4.69) is 35.7 Å². The molecule has 0 radical (unpaired) electrons. The van der Waals surface area contributed by atoms with Crippen molar-refractivity contribution in [2.75, 3.05) is 5.75 Å². The molecule has 0 fully saturated rings. The van der Waals surface area contributed by atoms with Crippen LogP contribution in [-0.2, 0) is 6.42 Å². The second-order valence-electron chi connectivity index (χ2n) is 4.65. The van der Waals surface area contributed by atoms with E-state index in [1.165, 1.54) is 68.7 Å². The lowest BCUT2D eigenvalue weighted by Gasteiger charge is -2.02. The Balaban J connectivity index is 1.83. The van der Waals surface area contributed by atoms with Gasteiger partial charge in [-0.05, 0) is 36.6 Å². The highest BCUT2D eigenvalue weighted by atomic mass is 32.2. The zero-order chi connectivity index (χ0) is 12.9. The van der Waals surface area contributed by atoms with E-state index in [-0.39, 0.29) is 0 Å². The van der Waals surface area contributed by atoms with Crippen molar-refractivity contribution in [3.8, 4) is 5.40 Å². The van der Waals surface area contributed by atoms with Crippen LogP contribution in [0.3, 0.4) is 0 Å². The van der Waals surface area contributed by atoms with Crippen LogP contribution in [-0.4, -0.2) is 5.75 Å². The largest absolute Gasteiger partial charge is 0.185 e. The standard InChI is InChI=1S/C16H23NS/c17-15-18-14-10-5-3-1-2-4-7-11-16-12-8-6-9-13-16/h6,8-9,12-13H,1-5,7,10-11,14H2. The number of nitrogens with zero attached hydrogens (tertiary/aromatic N) is 1. The Morgan fingerprint density at radius 3 is 2.11 bits per heavy atom. The van der Waals surface area contributed by atoms with Crippen LogP contribution in [0.25, 0.3) is 0 Å². The lowest BCUT2D eigenvalue weighted by atomic mass is 10.0. The molecule has 98 valence electrons. The highest BCUT2D eigenvalue weighted by Crippen LogP contribution is 2.11. The summed E-state index contributed by atoms with van der Waals surface area (Å²) in [4.78, 5) is 0. The summed E-state index contributed by atoms with van der Waals surface area (Å²) in [5.74, 6) is 1.00. The van der Waals surface area contributed by atoms with Crippen molar-refractivity contribution in [3.05, 3.63) is 35.9 Å². The number of hydrogen-bond acceptors (Lipinski definition) is 2. The van der Waals surface area contributed by atoms with Crippen molar-refractivity contribution in [1.82, 2.24) is 0 Å². The molecule has 1 aromatic rings. The van der Waals surface area contributed by atoms with E-state index in [0.717, 1.165) is 5.75 Å². The summed E-state index contributed by atoms with van der Waals surface area (Å²) >= 11 is 1.38. The predicted molar refractivity (Wildman–Crippen MR) is 80.5 cm³/mol. The van der Waals surface area contributed by atoms with Crippen molar-refractivity contribution >= 4 is 11.8 Å². The van der Waals surface area contributed by atoms with Gasteiger partial charge in [-0.25, -0.2) is 0 Å². The fraction of sp³-hybridized carbons (Fsp3) is 0.562. The van der Waals surface area contributed by atoms with Crippen LogP contribution in [0.4, 0.5) is 0 Å². The maximum absolute atomic E-state index is 8.37. The summed E-state index contributed by atoms with van der Waals surface area (Å²) in [5.41, 5.74) is 1.46. The van der Waals surface area contributed by atoms with E-state index in [4.69, 9.17) is 5.26 Å². The molecule has 0 aliphatic rings. The highest BCUT2D eigenvalue weighted by Gasteiger charge is 1.94. The minimum Gasteiger partial charge on any atom is -0.185 e. The minimum absolute atomic E-state index is 1.00. The zero-order valence-corrected chi connectivity index (χ0v) is 11.9. The number of nitriles is 1. The number of rotatable bonds is 10. The van der Waals surface area contributed by atoms with Gasteiger partial charge >= 0.3 is 0 Å². The number of thioether (sulfide) groups is 1. The quantitative estimate of drug-likeness (QED) is 0.428. The van der Waals surface area contributed by atoms with E-state index >= 15 is 0 Å². The van der Waals surface area contributed by atoms with Crippen LogP contribution in [0.5, 0.6) is 0 Å². The van der Waals surface area contributed by atoms with Gasteiger partial charge in [-0.15, -0.1) is 0 Å². The second-order valence-corrected chi connectivity index (χ2v) is 5.53. The summed E-state index contributed by atoms with van der Waals surface area (Å²) < 4.78 is 0. The summed E-state index contributed by atoms with van der Waals surface area (Å²) in [6.07, 6.45) is 10.4. The number of aryl methyl sites for hydroxylation is 1. The molecule has 0 N–H and O–H groups in total. The van der Waals surface area contributed by atoms with Crippen LogP contribution in [0.1, 0.15) is 50.5 Å². The lowest BCUT2D eigenvalue weighted by molar-refractivity contribution is 0.591. The van der Waals surface area contributed by atoms with Crippen LogP contribution < -0.4 is 0 Å². The van der Waals surface area contributed by atoms with Crippen molar-refractivity contribution in [2.24, 2.45) is 0 Å². The van der Waals surface area contributed by atoms with Gasteiger partial charge in [0.2, 0.25) is 0 Å². The molecule has 0 saturated heterocycles. The van der Waals surface area contributed by atoms with Crippen molar-refractivity contribution in [3.63, 3.8) is 0 Å². The first-order valence-electron chi connectivity index (χ1n) is 6.98. The molecule has 0 aliphatic heterocycles. The van der Waals surface area contributed by atoms with Crippen molar-refractivity contribution in [2.45, 2.75) is 51.4 Å². The second kappa shape index (κ2) is 11.2. The summed E-state index contributed by atoms with van der Waals surface area (Å²) in [7, 11) is 0. The molecule has 0 atom stereocenters. The number of unbranched alkanes of at least 4 members (excludes halogenated alkanes) is 6. The molecule has 1 aromatic carbocycles. The van der Waals surface area contributed by atoms with Gasteiger partial charge in [-0.1, -0.05) is 62.4 Å². The Kier molecular flexibility index (Phi) is 9.38. The highest BCUT2D eigenvalue weighted by molar-refractivity contribution is 8.03. The van der Waals surface area contributed by atoms with Gasteiger partial charge in [0.25, 0.3) is 0 Å². The third-order valence-corrected chi connectivity index (χ3v) is 3.74. The average Bonchev–Trinajstić information content (AvgIpc) is 2.42. The first-order chi connectivity index (χ1) is 8.93. The maximum Gasteiger partial charge on any atom is 0.133 e. The van der Waals surface area contributed by atoms with Gasteiger partial charge < -0.3 is 0 Å². The lowest BCUT2D eigenvalue weighted by Crippen LogP contribution is -1.86. The first-order valence-corrected chi connectivity index (χ1v) is 7.97. The van der Waals surface area contributed by atoms with Crippen LogP contribution >= 0.6 is 11.8 Å². The van der Waals surface area contributed by atoms with Crippen molar-refractivity contribution < 1.29 is 0 Å². The molecule has 0 aliphatic carbocycles. The smallest absolute Gasteiger partial charge is 0.133 e. The summed E-state index contributed by atoms with van der Waals surface area (Å²) in [5, 5.41) is 10.5. The number of benzene rings is 1. The molecule has 0 spiro atoms. The molecule has 0 bridgehead atoms. The van der Waals surface area contributed by atoms with E-state index in [0.29, 0.717) is 0 Å². The van der Waals surface area contributed by atoms with Gasteiger partial charge in [0, 0.05) is 5.75 Å². The molecule has 2 heteroatoms. The molecule has 0 unspecified atom stereocenters. The van der Waals surface area contributed by atoms with E-state index < -0.39 is 0 Å². The maximum atomic E-state index is 8.37.